The maximum absolute atomic E-state index is 13.3. The van der Waals surface area contributed by atoms with E-state index in [0.29, 0.717) is 11.4 Å². The molecule has 3 aromatic carbocycles. The maximum Gasteiger partial charge on any atom is 0.205 e. The van der Waals surface area contributed by atoms with Crippen LogP contribution in [0.5, 0.6) is 0 Å². The fourth-order valence-electron chi connectivity index (χ4n) is 3.70. The third-order valence-corrected chi connectivity index (χ3v) is 5.17. The van der Waals surface area contributed by atoms with Gasteiger partial charge in [0.15, 0.2) is 5.78 Å². The first-order valence-electron chi connectivity index (χ1n) is 9.74. The average molecular weight is 393 g/mol. The molecule has 0 unspecified atom stereocenters. The molecule has 0 aliphatic carbocycles. The summed E-state index contributed by atoms with van der Waals surface area (Å²) >= 11 is 0. The predicted octanol–water partition coefficient (Wildman–Crippen LogP) is 4.68. The Balaban J connectivity index is 1.52. The quantitative estimate of drug-likeness (QED) is 0.440. The minimum Gasteiger partial charge on any atom is -0.354 e. The van der Waals surface area contributed by atoms with Crippen molar-refractivity contribution < 1.29 is 4.79 Å². The van der Waals surface area contributed by atoms with Crippen LogP contribution >= 0.6 is 0 Å². The highest BCUT2D eigenvalue weighted by molar-refractivity contribution is 6.13. The van der Waals surface area contributed by atoms with Crippen molar-refractivity contribution in [1.29, 1.82) is 0 Å². The number of hydrogen-bond acceptors (Lipinski definition) is 4. The van der Waals surface area contributed by atoms with Crippen LogP contribution < -0.4 is 0 Å². The van der Waals surface area contributed by atoms with Crippen molar-refractivity contribution in [1.82, 2.24) is 25.2 Å². The number of nitrogens with one attached hydrogen (secondary N) is 1. The molecule has 2 aromatic heterocycles. The number of benzene rings is 3. The molecule has 30 heavy (non-hydrogen) atoms. The van der Waals surface area contributed by atoms with Gasteiger partial charge in [-0.25, -0.2) is 0 Å². The van der Waals surface area contributed by atoms with Crippen LogP contribution in [0.2, 0.25) is 0 Å². The summed E-state index contributed by atoms with van der Waals surface area (Å²) in [5.41, 5.74) is 5.31. The Bertz CT molecular complexity index is 1350. The topological polar surface area (TPSA) is 76.5 Å². The number of para-hydroxylation sites is 1. The lowest BCUT2D eigenvalue weighted by atomic mass is 10.0. The van der Waals surface area contributed by atoms with Gasteiger partial charge in [0.2, 0.25) is 5.82 Å². The van der Waals surface area contributed by atoms with Gasteiger partial charge in [0, 0.05) is 16.5 Å². The second-order valence-corrected chi connectivity index (χ2v) is 7.17. The molecule has 0 saturated carbocycles. The molecule has 0 bridgehead atoms. The largest absolute Gasteiger partial charge is 0.354 e. The first kappa shape index (κ1) is 18.0. The second kappa shape index (κ2) is 7.40. The zero-order valence-corrected chi connectivity index (χ0v) is 16.4. The van der Waals surface area contributed by atoms with Gasteiger partial charge in [0.1, 0.15) is 6.54 Å². The van der Waals surface area contributed by atoms with Crippen LogP contribution in [0, 0.1) is 6.92 Å². The molecule has 0 amide bonds. The number of fused-ring (bicyclic) bond motifs is 1. The van der Waals surface area contributed by atoms with Crippen molar-refractivity contribution >= 4 is 16.7 Å². The van der Waals surface area contributed by atoms with Crippen LogP contribution in [0.3, 0.4) is 0 Å². The molecule has 6 heteroatoms. The summed E-state index contributed by atoms with van der Waals surface area (Å²) in [4.78, 5) is 18.1. The lowest BCUT2D eigenvalue weighted by molar-refractivity contribution is 0.0963. The summed E-state index contributed by atoms with van der Waals surface area (Å²) in [6.07, 6.45) is 0. The highest BCUT2D eigenvalue weighted by Crippen LogP contribution is 2.31. The lowest BCUT2D eigenvalue weighted by Crippen LogP contribution is -2.14. The maximum atomic E-state index is 13.3. The third-order valence-electron chi connectivity index (χ3n) is 5.17. The molecule has 0 fully saturated rings. The number of tetrazole rings is 1. The van der Waals surface area contributed by atoms with Gasteiger partial charge in [-0.05, 0) is 29.3 Å². The Kier molecular flexibility index (Phi) is 4.44. The summed E-state index contributed by atoms with van der Waals surface area (Å²) < 4.78 is 0. The zero-order valence-electron chi connectivity index (χ0n) is 16.4. The Hall–Kier alpha value is -4.06. The number of ketones is 1. The number of carbonyl (C=O) groups excluding carboxylic acids is 1. The first-order chi connectivity index (χ1) is 14.7. The molecule has 0 spiro atoms. The summed E-state index contributed by atoms with van der Waals surface area (Å²) in [6.45, 7) is 2.01. The molecule has 5 aromatic rings. The number of Topliss-reactive ketones (excluding diaryl/α,β-unsaturated/α-hetero) is 1. The molecule has 0 radical (unpaired) electrons. The summed E-state index contributed by atoms with van der Waals surface area (Å²) in [6, 6.07) is 25.5. The van der Waals surface area contributed by atoms with E-state index in [1.807, 2.05) is 85.8 Å². The molecule has 146 valence electrons. The van der Waals surface area contributed by atoms with Crippen LogP contribution in [-0.2, 0) is 6.54 Å². The molecule has 2 heterocycles. The van der Waals surface area contributed by atoms with Crippen molar-refractivity contribution in [3.8, 4) is 22.6 Å². The molecule has 1 N–H and O–H groups in total. The molecule has 6 nitrogen and oxygen atoms in total. The van der Waals surface area contributed by atoms with Crippen molar-refractivity contribution in [3.05, 3.63) is 90.0 Å². The SMILES string of the molecule is Cc1ccccc1-c1nnn(CC(=O)c2c(-c3ccccc3)[nH]c3ccccc23)n1. The number of hydrogen-bond donors (Lipinski definition) is 1. The summed E-state index contributed by atoms with van der Waals surface area (Å²) in [5, 5.41) is 13.6. The molecule has 5 rings (SSSR count). The Labute approximate surface area is 173 Å². The van der Waals surface area contributed by atoms with Gasteiger partial charge in [-0.1, -0.05) is 72.8 Å². The molecule has 0 aliphatic rings. The van der Waals surface area contributed by atoms with Crippen LogP contribution in [0.25, 0.3) is 33.5 Å². The number of nitrogens with zero attached hydrogens (tertiary/aromatic N) is 4. The number of aromatic amines is 1. The van der Waals surface area contributed by atoms with E-state index in [4.69, 9.17) is 0 Å². The summed E-state index contributed by atoms with van der Waals surface area (Å²) in [5.74, 6) is 0.447. The van der Waals surface area contributed by atoms with Crippen molar-refractivity contribution in [2.24, 2.45) is 0 Å². The van der Waals surface area contributed by atoms with Gasteiger partial charge in [-0.2, -0.15) is 4.80 Å². The lowest BCUT2D eigenvalue weighted by Gasteiger charge is -2.04. The van der Waals surface area contributed by atoms with E-state index >= 15 is 0 Å². The first-order valence-corrected chi connectivity index (χ1v) is 9.74. The second-order valence-electron chi connectivity index (χ2n) is 7.17. The minimum atomic E-state index is -0.0694. The van der Waals surface area contributed by atoms with E-state index in [9.17, 15) is 4.79 Å². The normalized spacial score (nSPS) is 11.1. The van der Waals surface area contributed by atoms with Gasteiger partial charge in [-0.3, -0.25) is 4.79 Å². The zero-order chi connectivity index (χ0) is 20.5. The number of aromatic nitrogens is 5. The highest BCUT2D eigenvalue weighted by Gasteiger charge is 2.21. The third kappa shape index (κ3) is 3.18. The van der Waals surface area contributed by atoms with E-state index in [0.717, 1.165) is 33.3 Å². The Morgan fingerprint density at radius 3 is 2.50 bits per heavy atom. The molecular formula is C24H19N5O. The number of carbonyl (C=O) groups is 1. The van der Waals surface area contributed by atoms with Crippen LogP contribution in [-0.4, -0.2) is 31.0 Å². The average Bonchev–Trinajstić information content (AvgIpc) is 3.39. The monoisotopic (exact) mass is 393 g/mol. The van der Waals surface area contributed by atoms with Crippen LogP contribution in [0.4, 0.5) is 0 Å². The minimum absolute atomic E-state index is 0.0144. The van der Waals surface area contributed by atoms with E-state index in [2.05, 4.69) is 20.4 Å². The Morgan fingerprint density at radius 1 is 0.933 bits per heavy atom. The van der Waals surface area contributed by atoms with Gasteiger partial charge >= 0.3 is 0 Å². The number of aryl methyl sites for hydroxylation is 1. The molecule has 0 atom stereocenters. The van der Waals surface area contributed by atoms with E-state index in [1.165, 1.54) is 4.80 Å². The fraction of sp³-hybridized carbons (Fsp3) is 0.0833. The molecule has 0 saturated heterocycles. The number of H-pyrrole nitrogens is 1. The summed E-state index contributed by atoms with van der Waals surface area (Å²) in [7, 11) is 0. The molecular weight excluding hydrogens is 374 g/mol. The van der Waals surface area contributed by atoms with E-state index < -0.39 is 0 Å². The molecule has 0 aliphatic heterocycles. The Morgan fingerprint density at radius 2 is 1.67 bits per heavy atom. The van der Waals surface area contributed by atoms with Gasteiger partial charge < -0.3 is 4.98 Å². The van der Waals surface area contributed by atoms with E-state index in [-0.39, 0.29) is 12.3 Å². The van der Waals surface area contributed by atoms with Crippen LogP contribution in [0.15, 0.2) is 78.9 Å². The van der Waals surface area contributed by atoms with Crippen molar-refractivity contribution in [3.63, 3.8) is 0 Å². The highest BCUT2D eigenvalue weighted by atomic mass is 16.1. The van der Waals surface area contributed by atoms with Gasteiger partial charge in [-0.15, -0.1) is 10.2 Å². The van der Waals surface area contributed by atoms with E-state index in [1.54, 1.807) is 0 Å². The van der Waals surface area contributed by atoms with Gasteiger partial charge in [0.25, 0.3) is 0 Å². The number of rotatable bonds is 5. The fourth-order valence-corrected chi connectivity index (χ4v) is 3.70. The predicted molar refractivity (Wildman–Crippen MR) is 116 cm³/mol. The smallest absolute Gasteiger partial charge is 0.205 e. The standard InChI is InChI=1S/C24H19N5O/c1-16-9-5-6-12-18(16)24-26-28-29(27-24)15-21(30)22-19-13-7-8-14-20(19)25-23(22)17-10-3-2-4-11-17/h2-14,25H,15H2,1H3. The van der Waals surface area contributed by atoms with Crippen molar-refractivity contribution in [2.45, 2.75) is 13.5 Å². The van der Waals surface area contributed by atoms with Gasteiger partial charge in [0.05, 0.1) is 11.3 Å². The van der Waals surface area contributed by atoms with Crippen LogP contribution in [0.1, 0.15) is 15.9 Å². The van der Waals surface area contributed by atoms with Crippen molar-refractivity contribution in [2.75, 3.05) is 0 Å².